The van der Waals surface area contributed by atoms with Crippen molar-refractivity contribution < 1.29 is 18.5 Å². The van der Waals surface area contributed by atoms with Crippen LogP contribution in [0, 0.1) is 5.82 Å². The summed E-state index contributed by atoms with van der Waals surface area (Å²) in [5, 5.41) is 5.17. The van der Waals surface area contributed by atoms with Gasteiger partial charge in [-0.05, 0) is 93.6 Å². The molecule has 0 saturated carbocycles. The number of benzene rings is 2. The van der Waals surface area contributed by atoms with Crippen molar-refractivity contribution in [3.05, 3.63) is 58.5 Å². The summed E-state index contributed by atoms with van der Waals surface area (Å²) in [5.74, 6) is 0.499. The molecule has 2 aromatic carbocycles. The van der Waals surface area contributed by atoms with Crippen molar-refractivity contribution in [2.75, 3.05) is 31.1 Å². The van der Waals surface area contributed by atoms with Crippen LogP contribution in [0.5, 0.6) is 0 Å². The number of nitrogens with zero attached hydrogens (tertiary/aromatic N) is 3. The molecule has 6 rings (SSSR count). The number of ketones is 1. The lowest BCUT2D eigenvalue weighted by Crippen LogP contribution is -2.33. The Balaban J connectivity index is 0.942. The van der Waals surface area contributed by atoms with Crippen LogP contribution in [0.1, 0.15) is 78.0 Å². The first-order chi connectivity index (χ1) is 17.6. The highest BCUT2D eigenvalue weighted by Gasteiger charge is 2.32. The van der Waals surface area contributed by atoms with Gasteiger partial charge in [0.2, 0.25) is 5.91 Å². The zero-order valence-electron chi connectivity index (χ0n) is 20.6. The number of amides is 1. The molecule has 3 aliphatic heterocycles. The van der Waals surface area contributed by atoms with E-state index in [1.54, 1.807) is 6.07 Å². The summed E-state index contributed by atoms with van der Waals surface area (Å²) in [5.41, 5.74) is 5.73. The van der Waals surface area contributed by atoms with Gasteiger partial charge in [-0.25, -0.2) is 4.39 Å². The number of fused-ring (bicyclic) bond motifs is 1. The second kappa shape index (κ2) is 9.77. The molecule has 0 radical (unpaired) electrons. The summed E-state index contributed by atoms with van der Waals surface area (Å²) < 4.78 is 18.8. The molecular weight excluding hydrogens is 457 g/mol. The number of hydrogen-bond acceptors (Lipinski definition) is 5. The number of rotatable bonds is 8. The number of anilines is 1. The van der Waals surface area contributed by atoms with E-state index in [2.05, 4.69) is 10.1 Å². The first kappa shape index (κ1) is 23.3. The van der Waals surface area contributed by atoms with Crippen LogP contribution < -0.4 is 4.90 Å². The molecule has 1 amide bonds. The minimum atomic E-state index is -0.298. The van der Waals surface area contributed by atoms with Crippen LogP contribution in [0.4, 0.5) is 10.1 Å². The van der Waals surface area contributed by atoms with Crippen molar-refractivity contribution in [3.63, 3.8) is 0 Å². The van der Waals surface area contributed by atoms with Gasteiger partial charge in [-0.15, -0.1) is 0 Å². The molecule has 1 aromatic heterocycles. The van der Waals surface area contributed by atoms with Crippen LogP contribution >= 0.6 is 0 Å². The van der Waals surface area contributed by atoms with Gasteiger partial charge in [0.1, 0.15) is 5.82 Å². The van der Waals surface area contributed by atoms with Crippen LogP contribution in [-0.2, 0) is 17.6 Å². The van der Waals surface area contributed by atoms with E-state index in [-0.39, 0.29) is 17.5 Å². The molecule has 1 fully saturated rings. The van der Waals surface area contributed by atoms with Crippen molar-refractivity contribution in [2.45, 2.75) is 63.7 Å². The van der Waals surface area contributed by atoms with E-state index in [9.17, 15) is 14.0 Å². The number of halogens is 1. The molecule has 7 heteroatoms. The normalized spacial score (nSPS) is 18.2. The van der Waals surface area contributed by atoms with E-state index in [0.29, 0.717) is 24.3 Å². The Labute approximate surface area is 210 Å². The SMILES string of the molecule is O=C(CCCCCN1CCC(c2noc3cc(F)ccc23)CC1)c1cc2c3c(c1)CCN3C(=O)CC2. The third-order valence-corrected chi connectivity index (χ3v) is 8.19. The molecule has 3 aromatic rings. The van der Waals surface area contributed by atoms with Crippen LogP contribution in [0.2, 0.25) is 0 Å². The third kappa shape index (κ3) is 4.45. The summed E-state index contributed by atoms with van der Waals surface area (Å²) in [6.45, 7) is 3.86. The fourth-order valence-corrected chi connectivity index (χ4v) is 6.22. The topological polar surface area (TPSA) is 66.7 Å². The van der Waals surface area contributed by atoms with Crippen molar-refractivity contribution >= 4 is 28.3 Å². The van der Waals surface area contributed by atoms with Gasteiger partial charge in [0.25, 0.3) is 0 Å². The van der Waals surface area contributed by atoms with E-state index in [4.69, 9.17) is 4.52 Å². The molecule has 188 valence electrons. The standard InChI is InChI=1S/C29H32FN3O3/c30-23-6-7-24-26(18-23)36-31-28(24)19-9-13-32(14-10-19)12-3-1-2-4-25(34)22-16-20-5-8-27(35)33-15-11-21(17-22)29(20)33/h6-7,16-19H,1-5,8-15H2. The number of aromatic nitrogens is 1. The van der Waals surface area contributed by atoms with Crippen molar-refractivity contribution in [2.24, 2.45) is 0 Å². The number of unbranched alkanes of at least 4 members (excludes halogenated alkanes) is 2. The largest absolute Gasteiger partial charge is 0.356 e. The molecule has 0 aliphatic carbocycles. The average Bonchev–Trinajstić information content (AvgIpc) is 3.51. The van der Waals surface area contributed by atoms with E-state index < -0.39 is 0 Å². The lowest BCUT2D eigenvalue weighted by molar-refractivity contribution is -0.118. The number of Topliss-reactive ketones (excluding diaryl/α,β-unsaturated/α-hetero) is 1. The Morgan fingerprint density at radius 3 is 2.64 bits per heavy atom. The Hall–Kier alpha value is -3.06. The smallest absolute Gasteiger partial charge is 0.227 e. The first-order valence-corrected chi connectivity index (χ1v) is 13.3. The molecule has 0 atom stereocenters. The highest BCUT2D eigenvalue weighted by Crippen LogP contribution is 2.38. The van der Waals surface area contributed by atoms with Crippen LogP contribution in [0.25, 0.3) is 11.0 Å². The molecule has 0 spiro atoms. The van der Waals surface area contributed by atoms with Gasteiger partial charge in [-0.2, -0.15) is 0 Å². The Kier molecular flexibility index (Phi) is 6.34. The number of carbonyl (C=O) groups excluding carboxylic acids is 2. The van der Waals surface area contributed by atoms with Crippen LogP contribution in [0.3, 0.4) is 0 Å². The summed E-state index contributed by atoms with van der Waals surface area (Å²) >= 11 is 0. The molecule has 1 saturated heterocycles. The Morgan fingerprint density at radius 1 is 1.00 bits per heavy atom. The van der Waals surface area contributed by atoms with Crippen molar-refractivity contribution in [1.29, 1.82) is 0 Å². The molecule has 3 aliphatic rings. The predicted molar refractivity (Wildman–Crippen MR) is 136 cm³/mol. The van der Waals surface area contributed by atoms with Gasteiger partial charge >= 0.3 is 0 Å². The van der Waals surface area contributed by atoms with E-state index in [1.807, 2.05) is 17.0 Å². The highest BCUT2D eigenvalue weighted by molar-refractivity contribution is 6.02. The molecule has 0 bridgehead atoms. The predicted octanol–water partition coefficient (Wildman–Crippen LogP) is 5.42. The summed E-state index contributed by atoms with van der Waals surface area (Å²) in [6, 6.07) is 8.71. The highest BCUT2D eigenvalue weighted by atomic mass is 19.1. The van der Waals surface area contributed by atoms with E-state index >= 15 is 0 Å². The monoisotopic (exact) mass is 489 g/mol. The lowest BCUT2D eigenvalue weighted by Gasteiger charge is -2.31. The van der Waals surface area contributed by atoms with Gasteiger partial charge in [0, 0.05) is 42.3 Å². The maximum atomic E-state index is 13.4. The molecular formula is C29H32FN3O3. The van der Waals surface area contributed by atoms with Gasteiger partial charge in [-0.3, -0.25) is 9.59 Å². The van der Waals surface area contributed by atoms with Crippen LogP contribution in [-0.4, -0.2) is 47.9 Å². The maximum Gasteiger partial charge on any atom is 0.227 e. The van der Waals surface area contributed by atoms with Crippen molar-refractivity contribution in [1.82, 2.24) is 10.1 Å². The zero-order chi connectivity index (χ0) is 24.6. The summed E-state index contributed by atoms with van der Waals surface area (Å²) in [7, 11) is 0. The molecule has 36 heavy (non-hydrogen) atoms. The van der Waals surface area contributed by atoms with Gasteiger partial charge < -0.3 is 14.3 Å². The van der Waals surface area contributed by atoms with Gasteiger partial charge in [0.15, 0.2) is 11.4 Å². The van der Waals surface area contributed by atoms with E-state index in [0.717, 1.165) is 99.0 Å². The van der Waals surface area contributed by atoms with Gasteiger partial charge in [-0.1, -0.05) is 11.6 Å². The fourth-order valence-electron chi connectivity index (χ4n) is 6.22. The zero-order valence-corrected chi connectivity index (χ0v) is 20.6. The van der Waals surface area contributed by atoms with Crippen molar-refractivity contribution in [3.8, 4) is 0 Å². The summed E-state index contributed by atoms with van der Waals surface area (Å²) in [4.78, 5) is 29.4. The Morgan fingerprint density at radius 2 is 1.81 bits per heavy atom. The minimum absolute atomic E-state index is 0.216. The summed E-state index contributed by atoms with van der Waals surface area (Å²) in [6.07, 6.45) is 7.86. The number of likely N-dealkylation sites (tertiary alicyclic amines) is 1. The average molecular weight is 490 g/mol. The second-order valence-electron chi connectivity index (χ2n) is 10.5. The number of aryl methyl sites for hydroxylation is 1. The van der Waals surface area contributed by atoms with Gasteiger partial charge in [0.05, 0.1) is 11.4 Å². The van der Waals surface area contributed by atoms with Crippen LogP contribution in [0.15, 0.2) is 34.9 Å². The Bertz CT molecular complexity index is 1310. The third-order valence-electron chi connectivity index (χ3n) is 8.19. The molecule has 6 nitrogen and oxygen atoms in total. The lowest BCUT2D eigenvalue weighted by atomic mass is 9.91. The number of piperidine rings is 1. The second-order valence-corrected chi connectivity index (χ2v) is 10.5. The number of carbonyl (C=O) groups is 2. The molecule has 0 N–H and O–H groups in total. The molecule has 0 unspecified atom stereocenters. The quantitative estimate of drug-likeness (QED) is 0.312. The molecule has 4 heterocycles. The maximum absolute atomic E-state index is 13.4. The first-order valence-electron chi connectivity index (χ1n) is 13.3. The fraction of sp³-hybridized carbons (Fsp3) is 0.483. The minimum Gasteiger partial charge on any atom is -0.356 e. The van der Waals surface area contributed by atoms with E-state index in [1.165, 1.54) is 17.7 Å². The number of hydrogen-bond donors (Lipinski definition) is 0.